The first-order valence-corrected chi connectivity index (χ1v) is 25.3. The van der Waals surface area contributed by atoms with Crippen LogP contribution in [-0.4, -0.2) is 11.3 Å². The zero-order chi connectivity index (χ0) is 48.1. The van der Waals surface area contributed by atoms with Gasteiger partial charge in [-0.25, -0.2) is 0 Å². The van der Waals surface area contributed by atoms with Crippen molar-refractivity contribution >= 4 is 117 Å². The van der Waals surface area contributed by atoms with Crippen LogP contribution in [0.4, 0.5) is 34.1 Å². The minimum Gasteiger partial charge on any atom is -0.375 e. The van der Waals surface area contributed by atoms with Crippen molar-refractivity contribution in [3.05, 3.63) is 217 Å². The number of aromatic nitrogens is 1. The summed E-state index contributed by atoms with van der Waals surface area (Å²) in [7, 11) is 0. The minimum absolute atomic E-state index is 0.0916. The van der Waals surface area contributed by atoms with Crippen molar-refractivity contribution in [3.63, 3.8) is 0 Å². The minimum atomic E-state index is -0.139. The largest absolute Gasteiger partial charge is 0.375 e. The van der Waals surface area contributed by atoms with Gasteiger partial charge in [-0.3, -0.25) is 0 Å². The molecule has 0 amide bonds. The molecule has 0 N–H and O–H groups in total. The molecule has 71 heavy (non-hydrogen) atoms. The number of hydrogen-bond donors (Lipinski definition) is 0. The maximum atomic E-state index is 2.76. The van der Waals surface area contributed by atoms with Crippen molar-refractivity contribution in [1.82, 2.24) is 4.48 Å². The molecular formula is C67H54BN3. The van der Waals surface area contributed by atoms with E-state index in [2.05, 4.69) is 263 Å². The number of nitrogens with zero attached hydrogens (tertiary/aromatic N) is 3. The van der Waals surface area contributed by atoms with Gasteiger partial charge >= 0.3 is 6.85 Å². The average Bonchev–Trinajstić information content (AvgIpc) is 3.74. The van der Waals surface area contributed by atoms with Gasteiger partial charge in [0.15, 0.2) is 0 Å². The van der Waals surface area contributed by atoms with Crippen LogP contribution in [0.2, 0.25) is 0 Å². The van der Waals surface area contributed by atoms with E-state index in [9.17, 15) is 0 Å². The SMILES string of the molecule is Cc1c2c(cc3cc4ccccc4cc13)B1c3c(cc(N(c4ccccc4)c4ccccc4)cc3N2c2cc(C(C)(C)C)cc(C(C)(C)C)c2)-c2cc3ccccc3c3c4c5ccccc5ccc4n1c23. The fraction of sp³-hybridized carbons (Fsp3) is 0.134. The highest BCUT2D eigenvalue weighted by molar-refractivity contribution is 6.90. The molecular weight excluding hydrogens is 858 g/mol. The molecule has 14 rings (SSSR count). The fourth-order valence-electron chi connectivity index (χ4n) is 12.4. The third-order valence-corrected chi connectivity index (χ3v) is 15.9. The number of hydrogen-bond acceptors (Lipinski definition) is 2. The predicted octanol–water partition coefficient (Wildman–Crippen LogP) is 17.2. The van der Waals surface area contributed by atoms with E-state index in [1.807, 2.05) is 0 Å². The number of para-hydroxylation sites is 2. The zero-order valence-electron chi connectivity index (χ0n) is 41.5. The highest BCUT2D eigenvalue weighted by Gasteiger charge is 2.45. The zero-order valence-corrected chi connectivity index (χ0v) is 41.5. The van der Waals surface area contributed by atoms with Gasteiger partial charge in [-0.15, -0.1) is 0 Å². The van der Waals surface area contributed by atoms with E-state index in [0.29, 0.717) is 0 Å². The van der Waals surface area contributed by atoms with Gasteiger partial charge in [0.25, 0.3) is 0 Å². The van der Waals surface area contributed by atoms with Crippen molar-refractivity contribution < 1.29 is 0 Å². The van der Waals surface area contributed by atoms with E-state index in [1.54, 1.807) is 0 Å². The van der Waals surface area contributed by atoms with Crippen LogP contribution in [0, 0.1) is 6.92 Å². The number of benzene rings is 11. The van der Waals surface area contributed by atoms with Gasteiger partial charge in [-0.2, -0.15) is 0 Å². The van der Waals surface area contributed by atoms with Gasteiger partial charge in [0.05, 0.1) is 0 Å². The fourth-order valence-corrected chi connectivity index (χ4v) is 12.4. The Morgan fingerprint density at radius 3 is 1.66 bits per heavy atom. The lowest BCUT2D eigenvalue weighted by Crippen LogP contribution is -2.57. The third-order valence-electron chi connectivity index (χ3n) is 15.9. The second-order valence-electron chi connectivity index (χ2n) is 22.2. The molecule has 2 aliphatic heterocycles. The van der Waals surface area contributed by atoms with Crippen LogP contribution in [0.25, 0.3) is 76.0 Å². The van der Waals surface area contributed by atoms with E-state index >= 15 is 0 Å². The summed E-state index contributed by atoms with van der Waals surface area (Å²) in [6.45, 7) is 16.4. The molecule has 0 aliphatic carbocycles. The predicted molar refractivity (Wildman–Crippen MR) is 307 cm³/mol. The van der Waals surface area contributed by atoms with Gasteiger partial charge in [-0.05, 0) is 167 Å². The molecule has 340 valence electrons. The Morgan fingerprint density at radius 1 is 0.437 bits per heavy atom. The summed E-state index contributed by atoms with van der Waals surface area (Å²) < 4.78 is 2.76. The van der Waals surface area contributed by atoms with Gasteiger partial charge < -0.3 is 14.3 Å². The molecule has 11 aromatic carbocycles. The Morgan fingerprint density at radius 2 is 1.01 bits per heavy atom. The molecule has 4 heteroatoms. The molecule has 1 aromatic heterocycles. The Labute approximate surface area is 416 Å². The molecule has 0 saturated carbocycles. The van der Waals surface area contributed by atoms with Crippen LogP contribution in [0.5, 0.6) is 0 Å². The van der Waals surface area contributed by atoms with Gasteiger partial charge in [0.1, 0.15) is 0 Å². The smallest absolute Gasteiger partial charge is 0.333 e. The van der Waals surface area contributed by atoms with E-state index < -0.39 is 0 Å². The van der Waals surface area contributed by atoms with E-state index in [-0.39, 0.29) is 17.7 Å². The second-order valence-corrected chi connectivity index (χ2v) is 22.2. The molecule has 3 nitrogen and oxygen atoms in total. The summed E-state index contributed by atoms with van der Waals surface area (Å²) >= 11 is 0. The van der Waals surface area contributed by atoms with Crippen LogP contribution in [0.15, 0.2) is 200 Å². The summed E-state index contributed by atoms with van der Waals surface area (Å²) in [5.41, 5.74) is 18.5. The number of aryl methyl sites for hydroxylation is 1. The molecule has 0 unspecified atom stereocenters. The second kappa shape index (κ2) is 15.0. The van der Waals surface area contributed by atoms with E-state index in [1.165, 1.54) is 121 Å². The molecule has 0 bridgehead atoms. The summed E-state index contributed by atoms with van der Waals surface area (Å²) in [6.07, 6.45) is 0. The first-order valence-electron chi connectivity index (χ1n) is 25.3. The van der Waals surface area contributed by atoms with Crippen molar-refractivity contribution in [3.8, 4) is 11.1 Å². The summed E-state index contributed by atoms with van der Waals surface area (Å²) in [5, 5.41) is 12.8. The Bertz CT molecular complexity index is 4140. The highest BCUT2D eigenvalue weighted by Crippen LogP contribution is 2.52. The van der Waals surface area contributed by atoms with Crippen LogP contribution in [0.1, 0.15) is 58.2 Å². The maximum absolute atomic E-state index is 2.76. The molecule has 0 spiro atoms. The van der Waals surface area contributed by atoms with Crippen LogP contribution in [-0.2, 0) is 10.8 Å². The normalized spacial score (nSPS) is 13.2. The molecule has 12 aromatic rings. The van der Waals surface area contributed by atoms with E-state index in [4.69, 9.17) is 0 Å². The molecule has 0 atom stereocenters. The van der Waals surface area contributed by atoms with Crippen molar-refractivity contribution in [2.45, 2.75) is 59.3 Å². The topological polar surface area (TPSA) is 11.4 Å². The molecule has 0 saturated heterocycles. The first kappa shape index (κ1) is 41.9. The number of fused-ring (bicyclic) bond motifs is 13. The average molecular weight is 912 g/mol. The van der Waals surface area contributed by atoms with Crippen LogP contribution >= 0.6 is 0 Å². The highest BCUT2D eigenvalue weighted by atomic mass is 15.2. The maximum Gasteiger partial charge on any atom is 0.333 e. The molecule has 0 radical (unpaired) electrons. The Balaban J connectivity index is 1.22. The van der Waals surface area contributed by atoms with Gasteiger partial charge in [0, 0.05) is 61.5 Å². The Kier molecular flexibility index (Phi) is 8.82. The Hall–Kier alpha value is -8.08. The van der Waals surface area contributed by atoms with Gasteiger partial charge in [0.2, 0.25) is 0 Å². The third kappa shape index (κ3) is 6.16. The number of rotatable bonds is 4. The number of anilines is 6. The molecule has 3 heterocycles. The van der Waals surface area contributed by atoms with Gasteiger partial charge in [-0.1, -0.05) is 169 Å². The standard InChI is InChI=1S/C67H54BN3/c1-41-55-33-44-22-15-14-21-43(44)32-46(55)35-58-64(41)70(51-37-47(66(2,3)4)36-48(38-51)67(5,6)7)60-40-52(69(49-24-10-8-11-25-49)50-26-12-9-13-27-50)39-56-57-34-45-23-17-19-29-54(45)62-61-53-28-18-16-20-42(53)30-31-59(61)71(65(57)62)68(58)63(56)60/h8-40H,1-7H3. The molecule has 2 aliphatic rings. The summed E-state index contributed by atoms with van der Waals surface area (Å²) in [5.74, 6) is 0. The molecule has 0 fully saturated rings. The van der Waals surface area contributed by atoms with E-state index in [0.717, 1.165) is 17.1 Å². The van der Waals surface area contributed by atoms with Crippen LogP contribution < -0.4 is 20.7 Å². The summed E-state index contributed by atoms with van der Waals surface area (Å²) in [4.78, 5) is 5.14. The first-order chi connectivity index (χ1) is 34.4. The lowest BCUT2D eigenvalue weighted by molar-refractivity contribution is 0.569. The lowest BCUT2D eigenvalue weighted by Gasteiger charge is -2.43. The van der Waals surface area contributed by atoms with Crippen molar-refractivity contribution in [1.29, 1.82) is 0 Å². The monoisotopic (exact) mass is 911 g/mol. The van der Waals surface area contributed by atoms with Crippen molar-refractivity contribution in [2.24, 2.45) is 0 Å². The van der Waals surface area contributed by atoms with Crippen LogP contribution in [0.3, 0.4) is 0 Å². The van der Waals surface area contributed by atoms with Crippen molar-refractivity contribution in [2.75, 3.05) is 9.80 Å². The summed E-state index contributed by atoms with van der Waals surface area (Å²) in [6, 6.07) is 75.9. The lowest BCUT2D eigenvalue weighted by atomic mass is 9.44. The quantitative estimate of drug-likeness (QED) is 0.129.